The minimum Gasteiger partial charge on any atom is -0.497 e. The molecule has 0 radical (unpaired) electrons. The summed E-state index contributed by atoms with van der Waals surface area (Å²) in [5, 5.41) is 9.08. The molecule has 3 aromatic carbocycles. The molecule has 1 aromatic heterocycles. The van der Waals surface area contributed by atoms with Crippen LogP contribution in [-0.2, 0) is 11.3 Å². The van der Waals surface area contributed by atoms with Gasteiger partial charge < -0.3 is 9.64 Å². The molecule has 1 heterocycles. The first kappa shape index (κ1) is 23.5. The SMILES string of the molecule is COc1ccc(CN(C)C(=O)CSc2nnc(-c3ccccc3F)n2-c2ccc(C)cc2)cc1. The molecule has 0 saturated carbocycles. The Balaban J connectivity index is 1.55. The lowest BCUT2D eigenvalue weighted by Crippen LogP contribution is -2.27. The number of methoxy groups -OCH3 is 1. The van der Waals surface area contributed by atoms with E-state index in [1.165, 1.54) is 17.8 Å². The molecular formula is C26H25FN4O2S. The number of hydrogen-bond acceptors (Lipinski definition) is 5. The summed E-state index contributed by atoms with van der Waals surface area (Å²) in [5.41, 5.74) is 3.26. The average Bonchev–Trinajstić information content (AvgIpc) is 3.27. The van der Waals surface area contributed by atoms with Gasteiger partial charge in [0, 0.05) is 19.3 Å². The molecule has 34 heavy (non-hydrogen) atoms. The van der Waals surface area contributed by atoms with Crippen LogP contribution >= 0.6 is 11.8 Å². The molecule has 0 aliphatic rings. The van der Waals surface area contributed by atoms with Crippen molar-refractivity contribution < 1.29 is 13.9 Å². The van der Waals surface area contributed by atoms with Gasteiger partial charge in [-0.3, -0.25) is 9.36 Å². The number of rotatable bonds is 8. The summed E-state index contributed by atoms with van der Waals surface area (Å²) in [6, 6.07) is 21.9. The summed E-state index contributed by atoms with van der Waals surface area (Å²) < 4.78 is 21.5. The van der Waals surface area contributed by atoms with Gasteiger partial charge in [-0.05, 0) is 48.9 Å². The molecule has 4 aromatic rings. The third-order valence-electron chi connectivity index (χ3n) is 5.37. The maximum atomic E-state index is 14.6. The second-order valence-corrected chi connectivity index (χ2v) is 8.79. The van der Waals surface area contributed by atoms with Crippen LogP contribution in [0.25, 0.3) is 17.1 Å². The number of thioether (sulfide) groups is 1. The van der Waals surface area contributed by atoms with Gasteiger partial charge in [0.1, 0.15) is 11.6 Å². The number of carbonyl (C=O) groups excluding carboxylic acids is 1. The van der Waals surface area contributed by atoms with E-state index in [2.05, 4.69) is 10.2 Å². The predicted octanol–water partition coefficient (Wildman–Crippen LogP) is 5.14. The van der Waals surface area contributed by atoms with Gasteiger partial charge in [-0.15, -0.1) is 10.2 Å². The van der Waals surface area contributed by atoms with Gasteiger partial charge >= 0.3 is 0 Å². The highest BCUT2D eigenvalue weighted by Gasteiger charge is 2.20. The molecule has 174 valence electrons. The number of carbonyl (C=O) groups is 1. The molecule has 4 rings (SSSR count). The Labute approximate surface area is 202 Å². The van der Waals surface area contributed by atoms with Gasteiger partial charge in [0.05, 0.1) is 18.4 Å². The zero-order chi connectivity index (χ0) is 24.1. The molecule has 1 amide bonds. The third-order valence-corrected chi connectivity index (χ3v) is 6.28. The van der Waals surface area contributed by atoms with Crippen molar-refractivity contribution in [1.29, 1.82) is 0 Å². The summed E-state index contributed by atoms with van der Waals surface area (Å²) in [4.78, 5) is 14.5. The van der Waals surface area contributed by atoms with Crippen LogP contribution in [0.4, 0.5) is 4.39 Å². The molecule has 0 saturated heterocycles. The average molecular weight is 477 g/mol. The molecule has 0 bridgehead atoms. The first-order valence-electron chi connectivity index (χ1n) is 10.7. The second kappa shape index (κ2) is 10.5. The molecule has 0 aliphatic heterocycles. The van der Waals surface area contributed by atoms with Crippen molar-refractivity contribution in [3.05, 3.63) is 89.7 Å². The topological polar surface area (TPSA) is 60.2 Å². The van der Waals surface area contributed by atoms with Crippen LogP contribution in [0.2, 0.25) is 0 Å². The monoisotopic (exact) mass is 476 g/mol. The minimum absolute atomic E-state index is 0.0493. The Kier molecular flexibility index (Phi) is 7.27. The fourth-order valence-corrected chi connectivity index (χ4v) is 4.33. The van der Waals surface area contributed by atoms with E-state index in [4.69, 9.17) is 4.74 Å². The van der Waals surface area contributed by atoms with Crippen LogP contribution in [0, 0.1) is 12.7 Å². The van der Waals surface area contributed by atoms with E-state index in [0.717, 1.165) is 22.6 Å². The zero-order valence-corrected chi connectivity index (χ0v) is 20.1. The minimum atomic E-state index is -0.380. The number of aryl methyl sites for hydroxylation is 1. The Morgan fingerprint density at radius 1 is 1.03 bits per heavy atom. The number of aromatic nitrogens is 3. The van der Waals surface area contributed by atoms with Crippen molar-refractivity contribution >= 4 is 17.7 Å². The van der Waals surface area contributed by atoms with E-state index in [9.17, 15) is 9.18 Å². The van der Waals surface area contributed by atoms with Gasteiger partial charge in [0.15, 0.2) is 11.0 Å². The van der Waals surface area contributed by atoms with E-state index in [0.29, 0.717) is 23.1 Å². The third kappa shape index (κ3) is 5.28. The van der Waals surface area contributed by atoms with E-state index in [1.54, 1.807) is 41.8 Å². The fraction of sp³-hybridized carbons (Fsp3) is 0.192. The Morgan fingerprint density at radius 3 is 2.41 bits per heavy atom. The van der Waals surface area contributed by atoms with Crippen LogP contribution in [0.1, 0.15) is 11.1 Å². The lowest BCUT2D eigenvalue weighted by Gasteiger charge is -2.17. The normalized spacial score (nSPS) is 10.8. The smallest absolute Gasteiger partial charge is 0.233 e. The zero-order valence-electron chi connectivity index (χ0n) is 19.2. The standard InChI is InChI=1S/C26H25FN4O2S/c1-18-8-12-20(13-9-18)31-25(22-6-4-5-7-23(22)27)28-29-26(31)34-17-24(32)30(2)16-19-10-14-21(33-3)15-11-19/h4-15H,16-17H2,1-3H3. The number of halogens is 1. The maximum Gasteiger partial charge on any atom is 0.233 e. The maximum absolute atomic E-state index is 14.6. The van der Waals surface area contributed by atoms with Gasteiger partial charge in [0.2, 0.25) is 5.91 Å². The summed E-state index contributed by atoms with van der Waals surface area (Å²) in [5.74, 6) is 0.910. The molecule has 0 fully saturated rings. The molecule has 6 nitrogen and oxygen atoms in total. The van der Waals surface area contributed by atoms with E-state index >= 15 is 0 Å². The summed E-state index contributed by atoms with van der Waals surface area (Å²) in [6.45, 7) is 2.48. The Hall–Kier alpha value is -3.65. The first-order chi connectivity index (χ1) is 16.5. The van der Waals surface area contributed by atoms with Crippen molar-refractivity contribution in [3.8, 4) is 22.8 Å². The van der Waals surface area contributed by atoms with Crippen LogP contribution in [-0.4, -0.2) is 45.5 Å². The molecule has 0 unspecified atom stereocenters. The number of benzene rings is 3. The summed E-state index contributed by atoms with van der Waals surface area (Å²) >= 11 is 1.28. The molecule has 0 N–H and O–H groups in total. The van der Waals surface area contributed by atoms with Crippen molar-refractivity contribution in [3.63, 3.8) is 0 Å². The van der Waals surface area contributed by atoms with E-state index < -0.39 is 0 Å². The highest BCUT2D eigenvalue weighted by molar-refractivity contribution is 7.99. The summed E-state index contributed by atoms with van der Waals surface area (Å²) in [7, 11) is 3.39. The highest BCUT2D eigenvalue weighted by atomic mass is 32.2. The van der Waals surface area contributed by atoms with Crippen molar-refractivity contribution in [1.82, 2.24) is 19.7 Å². The van der Waals surface area contributed by atoms with E-state index in [-0.39, 0.29) is 17.5 Å². The quantitative estimate of drug-likeness (QED) is 0.330. The largest absolute Gasteiger partial charge is 0.497 e. The Morgan fingerprint density at radius 2 is 1.74 bits per heavy atom. The number of nitrogens with zero attached hydrogens (tertiary/aromatic N) is 4. The van der Waals surface area contributed by atoms with Crippen molar-refractivity contribution in [2.24, 2.45) is 0 Å². The van der Waals surface area contributed by atoms with Gasteiger partial charge in [-0.2, -0.15) is 0 Å². The second-order valence-electron chi connectivity index (χ2n) is 7.84. The molecular weight excluding hydrogens is 451 g/mol. The number of ether oxygens (including phenoxy) is 1. The predicted molar refractivity (Wildman–Crippen MR) is 132 cm³/mol. The van der Waals surface area contributed by atoms with Crippen LogP contribution < -0.4 is 4.74 Å². The first-order valence-corrected chi connectivity index (χ1v) is 11.7. The van der Waals surface area contributed by atoms with Crippen molar-refractivity contribution in [2.75, 3.05) is 19.9 Å². The van der Waals surface area contributed by atoms with Gasteiger partial charge in [-0.1, -0.05) is 53.7 Å². The van der Waals surface area contributed by atoms with Crippen LogP contribution in [0.15, 0.2) is 78.0 Å². The van der Waals surface area contributed by atoms with Crippen LogP contribution in [0.3, 0.4) is 0 Å². The van der Waals surface area contributed by atoms with Crippen LogP contribution in [0.5, 0.6) is 5.75 Å². The van der Waals surface area contributed by atoms with Gasteiger partial charge in [0.25, 0.3) is 0 Å². The molecule has 0 atom stereocenters. The fourth-order valence-electron chi connectivity index (χ4n) is 3.44. The lowest BCUT2D eigenvalue weighted by atomic mass is 10.2. The molecule has 0 spiro atoms. The number of hydrogen-bond donors (Lipinski definition) is 0. The van der Waals surface area contributed by atoms with Crippen molar-refractivity contribution in [2.45, 2.75) is 18.6 Å². The lowest BCUT2D eigenvalue weighted by molar-refractivity contribution is -0.127. The Bertz CT molecular complexity index is 1270. The van der Waals surface area contributed by atoms with Gasteiger partial charge in [-0.25, -0.2) is 4.39 Å². The molecule has 8 heteroatoms. The number of amides is 1. The van der Waals surface area contributed by atoms with E-state index in [1.807, 2.05) is 55.5 Å². The highest BCUT2D eigenvalue weighted by Crippen LogP contribution is 2.29. The molecule has 0 aliphatic carbocycles. The summed E-state index contributed by atoms with van der Waals surface area (Å²) in [6.07, 6.45) is 0.